The molecule has 0 radical (unpaired) electrons. The Labute approximate surface area is 84.2 Å². The van der Waals surface area contributed by atoms with Gasteiger partial charge < -0.3 is 10.4 Å². The van der Waals surface area contributed by atoms with Crippen LogP contribution in [0.25, 0.3) is 0 Å². The van der Waals surface area contributed by atoms with Crippen molar-refractivity contribution < 1.29 is 5.11 Å². The fourth-order valence-electron chi connectivity index (χ4n) is 1.87. The van der Waals surface area contributed by atoms with E-state index in [0.717, 1.165) is 37.2 Å². The molecule has 0 unspecified atom stereocenters. The summed E-state index contributed by atoms with van der Waals surface area (Å²) in [6.07, 6.45) is 3.34. The van der Waals surface area contributed by atoms with E-state index in [2.05, 4.69) is 10.3 Å². The monoisotopic (exact) mass is 192 g/mol. The van der Waals surface area contributed by atoms with Gasteiger partial charge >= 0.3 is 0 Å². The van der Waals surface area contributed by atoms with Crippen LogP contribution in [0.4, 0.5) is 0 Å². The molecule has 0 saturated carbocycles. The molecule has 2 rings (SSSR count). The standard InChI is InChI=1S/C11H16N2O/c1-9-2-3-10(8-13-9)11(14)4-6-12-7-5-11/h2-3,8,12,14H,4-7H2,1H3. The van der Waals surface area contributed by atoms with Gasteiger partial charge in [0.05, 0.1) is 5.60 Å². The first-order chi connectivity index (χ1) is 6.71. The van der Waals surface area contributed by atoms with Gasteiger partial charge in [0, 0.05) is 17.5 Å². The van der Waals surface area contributed by atoms with Crippen molar-refractivity contribution in [3.8, 4) is 0 Å². The second-order valence-corrected chi connectivity index (χ2v) is 3.97. The van der Waals surface area contributed by atoms with Crippen molar-refractivity contribution in [3.63, 3.8) is 0 Å². The van der Waals surface area contributed by atoms with Crippen LogP contribution in [0.5, 0.6) is 0 Å². The zero-order valence-electron chi connectivity index (χ0n) is 8.45. The normalized spacial score (nSPS) is 20.7. The molecule has 3 nitrogen and oxygen atoms in total. The summed E-state index contributed by atoms with van der Waals surface area (Å²) in [6, 6.07) is 3.93. The molecule has 0 aliphatic carbocycles. The lowest BCUT2D eigenvalue weighted by molar-refractivity contribution is 0.00562. The Morgan fingerprint density at radius 2 is 2.07 bits per heavy atom. The maximum Gasteiger partial charge on any atom is 0.0935 e. The van der Waals surface area contributed by atoms with Crippen LogP contribution in [0.1, 0.15) is 24.1 Å². The SMILES string of the molecule is Cc1ccc(C2(O)CCNCC2)cn1. The number of aromatic nitrogens is 1. The summed E-state index contributed by atoms with van der Waals surface area (Å²) >= 11 is 0. The van der Waals surface area contributed by atoms with E-state index in [4.69, 9.17) is 0 Å². The lowest BCUT2D eigenvalue weighted by Gasteiger charge is -2.32. The zero-order chi connectivity index (χ0) is 10.0. The Morgan fingerprint density at radius 1 is 1.36 bits per heavy atom. The molecule has 0 aromatic carbocycles. The lowest BCUT2D eigenvalue weighted by Crippen LogP contribution is -2.39. The van der Waals surface area contributed by atoms with E-state index in [1.54, 1.807) is 6.20 Å². The fraction of sp³-hybridized carbons (Fsp3) is 0.545. The predicted molar refractivity (Wildman–Crippen MR) is 55.0 cm³/mol. The van der Waals surface area contributed by atoms with Crippen molar-refractivity contribution in [1.29, 1.82) is 0 Å². The first kappa shape index (κ1) is 9.62. The second kappa shape index (κ2) is 3.67. The van der Waals surface area contributed by atoms with Crippen LogP contribution < -0.4 is 5.32 Å². The van der Waals surface area contributed by atoms with E-state index in [-0.39, 0.29) is 0 Å². The van der Waals surface area contributed by atoms with E-state index in [1.807, 2.05) is 19.1 Å². The van der Waals surface area contributed by atoms with Gasteiger partial charge in [0.2, 0.25) is 0 Å². The van der Waals surface area contributed by atoms with Gasteiger partial charge in [-0.25, -0.2) is 0 Å². The molecule has 1 aliphatic rings. The molecule has 76 valence electrons. The van der Waals surface area contributed by atoms with E-state index in [1.165, 1.54) is 0 Å². The van der Waals surface area contributed by atoms with Crippen molar-refractivity contribution in [3.05, 3.63) is 29.6 Å². The van der Waals surface area contributed by atoms with E-state index < -0.39 is 5.60 Å². The van der Waals surface area contributed by atoms with Gasteiger partial charge in [-0.05, 0) is 38.9 Å². The van der Waals surface area contributed by atoms with Gasteiger partial charge in [-0.2, -0.15) is 0 Å². The maximum absolute atomic E-state index is 10.4. The van der Waals surface area contributed by atoms with Crippen LogP contribution in [0.3, 0.4) is 0 Å². The van der Waals surface area contributed by atoms with Gasteiger partial charge in [-0.3, -0.25) is 4.98 Å². The third-order valence-electron chi connectivity index (χ3n) is 2.88. The van der Waals surface area contributed by atoms with Crippen LogP contribution in [-0.2, 0) is 5.60 Å². The topological polar surface area (TPSA) is 45.1 Å². The quantitative estimate of drug-likeness (QED) is 0.696. The van der Waals surface area contributed by atoms with Crippen molar-refractivity contribution in [2.45, 2.75) is 25.4 Å². The Morgan fingerprint density at radius 3 is 2.64 bits per heavy atom. The number of nitrogens with zero attached hydrogens (tertiary/aromatic N) is 1. The first-order valence-electron chi connectivity index (χ1n) is 5.07. The Kier molecular flexibility index (Phi) is 2.52. The zero-order valence-corrected chi connectivity index (χ0v) is 8.45. The van der Waals surface area contributed by atoms with Crippen molar-refractivity contribution >= 4 is 0 Å². The highest BCUT2D eigenvalue weighted by molar-refractivity contribution is 5.21. The Bertz CT molecular complexity index is 302. The molecule has 0 bridgehead atoms. The van der Waals surface area contributed by atoms with Crippen molar-refractivity contribution in [1.82, 2.24) is 10.3 Å². The number of aliphatic hydroxyl groups is 1. The summed E-state index contributed by atoms with van der Waals surface area (Å²) in [5.74, 6) is 0. The number of piperidine rings is 1. The third-order valence-corrected chi connectivity index (χ3v) is 2.88. The third kappa shape index (κ3) is 1.79. The molecule has 3 heteroatoms. The number of hydrogen-bond acceptors (Lipinski definition) is 3. The van der Waals surface area contributed by atoms with Crippen LogP contribution in [0.2, 0.25) is 0 Å². The molecule has 1 fully saturated rings. The van der Waals surface area contributed by atoms with Gasteiger partial charge in [0.25, 0.3) is 0 Å². The van der Waals surface area contributed by atoms with Crippen LogP contribution >= 0.6 is 0 Å². The number of rotatable bonds is 1. The predicted octanol–water partition coefficient (Wildman–Crippen LogP) is 0.961. The summed E-state index contributed by atoms with van der Waals surface area (Å²) < 4.78 is 0. The summed E-state index contributed by atoms with van der Waals surface area (Å²) in [7, 11) is 0. The molecule has 1 saturated heterocycles. The molecule has 2 N–H and O–H groups in total. The Hall–Kier alpha value is -0.930. The number of nitrogens with one attached hydrogen (secondary N) is 1. The molecule has 1 aromatic heterocycles. The van der Waals surface area contributed by atoms with Gasteiger partial charge in [-0.15, -0.1) is 0 Å². The summed E-state index contributed by atoms with van der Waals surface area (Å²) in [6.45, 7) is 3.71. The molecule has 0 spiro atoms. The highest BCUT2D eigenvalue weighted by atomic mass is 16.3. The minimum Gasteiger partial charge on any atom is -0.385 e. The molecule has 1 aromatic rings. The summed E-state index contributed by atoms with van der Waals surface area (Å²) in [5.41, 5.74) is 1.28. The average Bonchev–Trinajstić information content (AvgIpc) is 2.19. The fourth-order valence-corrected chi connectivity index (χ4v) is 1.87. The van der Waals surface area contributed by atoms with Gasteiger partial charge in [-0.1, -0.05) is 6.07 Å². The second-order valence-electron chi connectivity index (χ2n) is 3.97. The maximum atomic E-state index is 10.4. The van der Waals surface area contributed by atoms with Crippen LogP contribution in [0.15, 0.2) is 18.3 Å². The molecular formula is C11H16N2O. The number of hydrogen-bond donors (Lipinski definition) is 2. The van der Waals surface area contributed by atoms with E-state index >= 15 is 0 Å². The van der Waals surface area contributed by atoms with Crippen LogP contribution in [0, 0.1) is 6.92 Å². The van der Waals surface area contributed by atoms with Gasteiger partial charge in [0.1, 0.15) is 0 Å². The van der Waals surface area contributed by atoms with Crippen molar-refractivity contribution in [2.24, 2.45) is 0 Å². The smallest absolute Gasteiger partial charge is 0.0935 e. The molecule has 0 amide bonds. The lowest BCUT2D eigenvalue weighted by atomic mass is 9.86. The summed E-state index contributed by atoms with van der Waals surface area (Å²) in [5, 5.41) is 13.6. The largest absolute Gasteiger partial charge is 0.385 e. The highest BCUT2D eigenvalue weighted by Gasteiger charge is 2.31. The molecule has 2 heterocycles. The van der Waals surface area contributed by atoms with E-state index in [0.29, 0.717) is 0 Å². The molecule has 1 aliphatic heterocycles. The van der Waals surface area contributed by atoms with Crippen molar-refractivity contribution in [2.75, 3.05) is 13.1 Å². The summed E-state index contributed by atoms with van der Waals surface area (Å²) in [4.78, 5) is 4.22. The average molecular weight is 192 g/mol. The number of aryl methyl sites for hydroxylation is 1. The van der Waals surface area contributed by atoms with E-state index in [9.17, 15) is 5.11 Å². The molecule has 14 heavy (non-hydrogen) atoms. The van der Waals surface area contributed by atoms with Gasteiger partial charge in [0.15, 0.2) is 0 Å². The minimum absolute atomic E-state index is 0.661. The highest BCUT2D eigenvalue weighted by Crippen LogP contribution is 2.29. The first-order valence-corrected chi connectivity index (χ1v) is 5.07. The number of pyridine rings is 1. The Balaban J connectivity index is 2.23. The minimum atomic E-state index is -0.661. The molecular weight excluding hydrogens is 176 g/mol. The van der Waals surface area contributed by atoms with Crippen LogP contribution in [-0.4, -0.2) is 23.2 Å². The molecule has 0 atom stereocenters.